The van der Waals surface area contributed by atoms with Crippen molar-refractivity contribution in [2.45, 2.75) is 32.7 Å². The molecule has 0 spiro atoms. The van der Waals surface area contributed by atoms with E-state index in [-0.39, 0.29) is 24.1 Å². The lowest BCUT2D eigenvalue weighted by Gasteiger charge is -2.23. The highest BCUT2D eigenvalue weighted by molar-refractivity contribution is 5.95. The highest BCUT2D eigenvalue weighted by atomic mass is 19.1. The van der Waals surface area contributed by atoms with E-state index in [4.69, 9.17) is 0 Å². The molecule has 0 unspecified atom stereocenters. The molecule has 2 aromatic carbocycles. The van der Waals surface area contributed by atoms with Gasteiger partial charge in [-0.1, -0.05) is 12.1 Å². The summed E-state index contributed by atoms with van der Waals surface area (Å²) in [5, 5.41) is 2.71. The number of carbonyl (C=O) groups excluding carboxylic acids is 2. The fraction of sp³-hybridized carbons (Fsp3) is 0.333. The number of benzene rings is 2. The Morgan fingerprint density at radius 3 is 2.11 bits per heavy atom. The first-order valence-corrected chi connectivity index (χ1v) is 8.98. The minimum atomic E-state index is -0.432. The van der Waals surface area contributed by atoms with E-state index in [1.807, 2.05) is 0 Å². The zero-order valence-corrected chi connectivity index (χ0v) is 15.4. The molecule has 3 rings (SSSR count). The standard InChI is InChI=1S/C21H22F2N2O2/c1-13-3-5-15(11-18(13)22)20(26)24-9-10-25(17-7-8-17)21(27)16-6-4-14(2)19(23)12-16/h3-6,11-12,17H,7-10H2,1-2H3,(H,24,26). The Bertz CT molecular complexity index is 878. The molecule has 1 N–H and O–H groups in total. The summed E-state index contributed by atoms with van der Waals surface area (Å²) in [4.78, 5) is 26.5. The fourth-order valence-corrected chi connectivity index (χ4v) is 2.85. The van der Waals surface area contributed by atoms with Crippen LogP contribution in [0.4, 0.5) is 8.78 Å². The van der Waals surface area contributed by atoms with Crippen molar-refractivity contribution in [2.75, 3.05) is 13.1 Å². The summed E-state index contributed by atoms with van der Waals surface area (Å²) < 4.78 is 27.4. The minimum Gasteiger partial charge on any atom is -0.350 e. The molecule has 142 valence electrons. The quantitative estimate of drug-likeness (QED) is 0.842. The Morgan fingerprint density at radius 1 is 1.00 bits per heavy atom. The highest BCUT2D eigenvalue weighted by Crippen LogP contribution is 2.28. The molecule has 0 aliphatic heterocycles. The first-order chi connectivity index (χ1) is 12.9. The number of amides is 2. The second-order valence-electron chi connectivity index (χ2n) is 6.91. The molecule has 4 nitrogen and oxygen atoms in total. The van der Waals surface area contributed by atoms with E-state index in [0.29, 0.717) is 23.2 Å². The molecule has 0 aromatic heterocycles. The van der Waals surface area contributed by atoms with E-state index in [0.717, 1.165) is 12.8 Å². The smallest absolute Gasteiger partial charge is 0.254 e. The van der Waals surface area contributed by atoms with Crippen LogP contribution in [0, 0.1) is 25.5 Å². The lowest BCUT2D eigenvalue weighted by atomic mass is 10.1. The molecule has 0 radical (unpaired) electrons. The van der Waals surface area contributed by atoms with Crippen molar-refractivity contribution < 1.29 is 18.4 Å². The average molecular weight is 372 g/mol. The van der Waals surface area contributed by atoms with Crippen LogP contribution >= 0.6 is 0 Å². The summed E-state index contributed by atoms with van der Waals surface area (Å²) in [6.45, 7) is 3.83. The van der Waals surface area contributed by atoms with Crippen molar-refractivity contribution in [2.24, 2.45) is 0 Å². The van der Waals surface area contributed by atoms with Crippen LogP contribution in [0.3, 0.4) is 0 Å². The van der Waals surface area contributed by atoms with E-state index in [9.17, 15) is 18.4 Å². The van der Waals surface area contributed by atoms with E-state index in [2.05, 4.69) is 5.32 Å². The van der Waals surface area contributed by atoms with Gasteiger partial charge in [-0.3, -0.25) is 9.59 Å². The van der Waals surface area contributed by atoms with Crippen LogP contribution in [0.2, 0.25) is 0 Å². The summed E-state index contributed by atoms with van der Waals surface area (Å²) >= 11 is 0. The Morgan fingerprint density at radius 2 is 1.56 bits per heavy atom. The lowest BCUT2D eigenvalue weighted by Crippen LogP contribution is -2.40. The van der Waals surface area contributed by atoms with Gasteiger partial charge in [-0.25, -0.2) is 8.78 Å². The largest absolute Gasteiger partial charge is 0.350 e. The van der Waals surface area contributed by atoms with Crippen molar-refractivity contribution in [1.29, 1.82) is 0 Å². The minimum absolute atomic E-state index is 0.121. The third-order valence-corrected chi connectivity index (χ3v) is 4.74. The van der Waals surface area contributed by atoms with Crippen LogP contribution in [0.1, 0.15) is 44.7 Å². The van der Waals surface area contributed by atoms with Crippen molar-refractivity contribution in [3.8, 4) is 0 Å². The van der Waals surface area contributed by atoms with Crippen molar-refractivity contribution in [1.82, 2.24) is 10.2 Å². The Balaban J connectivity index is 1.61. The van der Waals surface area contributed by atoms with Gasteiger partial charge >= 0.3 is 0 Å². The van der Waals surface area contributed by atoms with E-state index in [1.165, 1.54) is 12.1 Å². The number of rotatable bonds is 6. The molecule has 0 heterocycles. The molecule has 2 aromatic rings. The molecule has 0 atom stereocenters. The van der Waals surface area contributed by atoms with Gasteiger partial charge in [0.05, 0.1) is 0 Å². The normalized spacial score (nSPS) is 13.3. The number of halogens is 2. The number of nitrogens with zero attached hydrogens (tertiary/aromatic N) is 1. The number of aryl methyl sites for hydroxylation is 2. The van der Waals surface area contributed by atoms with Crippen LogP contribution in [-0.4, -0.2) is 35.8 Å². The molecule has 1 saturated carbocycles. The molecule has 2 amide bonds. The molecular weight excluding hydrogens is 350 g/mol. The van der Waals surface area contributed by atoms with Gasteiger partial charge in [-0.15, -0.1) is 0 Å². The second kappa shape index (κ2) is 7.86. The maximum atomic E-state index is 13.8. The molecule has 27 heavy (non-hydrogen) atoms. The molecule has 1 aliphatic rings. The van der Waals surface area contributed by atoms with E-state index >= 15 is 0 Å². The van der Waals surface area contributed by atoms with Crippen LogP contribution in [0.5, 0.6) is 0 Å². The SMILES string of the molecule is Cc1ccc(C(=O)NCCN(C(=O)c2ccc(C)c(F)c2)C2CC2)cc1F. The summed E-state index contributed by atoms with van der Waals surface area (Å²) in [6.07, 6.45) is 1.80. The summed E-state index contributed by atoms with van der Waals surface area (Å²) in [7, 11) is 0. The van der Waals surface area contributed by atoms with Crippen LogP contribution in [0.15, 0.2) is 36.4 Å². The van der Waals surface area contributed by atoms with Gasteiger partial charge in [0.2, 0.25) is 0 Å². The van der Waals surface area contributed by atoms with Gasteiger partial charge in [0, 0.05) is 30.3 Å². The maximum Gasteiger partial charge on any atom is 0.254 e. The zero-order chi connectivity index (χ0) is 19.6. The number of hydrogen-bond acceptors (Lipinski definition) is 2. The third kappa shape index (κ3) is 4.51. The highest BCUT2D eigenvalue weighted by Gasteiger charge is 2.33. The predicted octanol–water partition coefficient (Wildman–Crippen LogP) is 3.62. The van der Waals surface area contributed by atoms with Crippen molar-refractivity contribution >= 4 is 11.8 Å². The average Bonchev–Trinajstić information content (AvgIpc) is 3.47. The van der Waals surface area contributed by atoms with Crippen molar-refractivity contribution in [3.63, 3.8) is 0 Å². The van der Waals surface area contributed by atoms with Crippen molar-refractivity contribution in [3.05, 3.63) is 70.3 Å². The topological polar surface area (TPSA) is 49.4 Å². The summed E-state index contributed by atoms with van der Waals surface area (Å²) in [5.41, 5.74) is 1.50. The molecule has 0 bridgehead atoms. The number of carbonyl (C=O) groups is 2. The Hall–Kier alpha value is -2.76. The number of hydrogen-bond donors (Lipinski definition) is 1. The lowest BCUT2D eigenvalue weighted by molar-refractivity contribution is 0.0736. The monoisotopic (exact) mass is 372 g/mol. The van der Waals surface area contributed by atoms with Gasteiger partial charge in [0.15, 0.2) is 0 Å². The summed E-state index contributed by atoms with van der Waals surface area (Å²) in [6, 6.07) is 8.88. The molecule has 6 heteroatoms. The van der Waals surface area contributed by atoms with Gasteiger partial charge in [-0.2, -0.15) is 0 Å². The van der Waals surface area contributed by atoms with E-state index < -0.39 is 17.5 Å². The maximum absolute atomic E-state index is 13.8. The van der Waals surface area contributed by atoms with Gasteiger partial charge < -0.3 is 10.2 Å². The third-order valence-electron chi connectivity index (χ3n) is 4.74. The van der Waals surface area contributed by atoms with Crippen LogP contribution in [-0.2, 0) is 0 Å². The first kappa shape index (κ1) is 19.0. The van der Waals surface area contributed by atoms with Gasteiger partial charge in [-0.05, 0) is 62.1 Å². The predicted molar refractivity (Wildman–Crippen MR) is 98.7 cm³/mol. The molecule has 1 fully saturated rings. The van der Waals surface area contributed by atoms with Gasteiger partial charge in [0.25, 0.3) is 11.8 Å². The van der Waals surface area contributed by atoms with Crippen LogP contribution < -0.4 is 5.32 Å². The van der Waals surface area contributed by atoms with Gasteiger partial charge in [0.1, 0.15) is 11.6 Å². The second-order valence-corrected chi connectivity index (χ2v) is 6.91. The molecule has 1 aliphatic carbocycles. The van der Waals surface area contributed by atoms with Crippen LogP contribution in [0.25, 0.3) is 0 Å². The molecular formula is C21H22F2N2O2. The fourth-order valence-electron chi connectivity index (χ4n) is 2.85. The Kier molecular flexibility index (Phi) is 5.54. The number of nitrogens with one attached hydrogen (secondary N) is 1. The molecule has 0 saturated heterocycles. The first-order valence-electron chi connectivity index (χ1n) is 8.98. The summed E-state index contributed by atoms with van der Waals surface area (Å²) in [5.74, 6) is -1.48. The Labute approximate surface area is 157 Å². The van der Waals surface area contributed by atoms with E-state index in [1.54, 1.807) is 43.0 Å². The zero-order valence-electron chi connectivity index (χ0n) is 15.4.